The Hall–Kier alpha value is -2.47. The molecule has 3 aromatic heterocycles. The molecule has 4 heterocycles. The first-order chi connectivity index (χ1) is 11.3. The maximum atomic E-state index is 12.2. The topological polar surface area (TPSA) is 55.4 Å². The SMILES string of the molecule is O=c1cc(CN2CCC[C@H]2Cn2cccn2)nc2ccccn12. The summed E-state index contributed by atoms with van der Waals surface area (Å²) in [7, 11) is 0. The van der Waals surface area contributed by atoms with Gasteiger partial charge in [0, 0.05) is 37.2 Å². The molecule has 118 valence electrons. The van der Waals surface area contributed by atoms with Crippen molar-refractivity contribution in [3.8, 4) is 0 Å². The van der Waals surface area contributed by atoms with Crippen LogP contribution in [0.3, 0.4) is 0 Å². The largest absolute Gasteiger partial charge is 0.293 e. The number of hydrogen-bond acceptors (Lipinski definition) is 4. The molecule has 0 unspecified atom stereocenters. The van der Waals surface area contributed by atoms with Crippen molar-refractivity contribution in [3.63, 3.8) is 0 Å². The molecule has 0 saturated carbocycles. The Morgan fingerprint density at radius 1 is 1.22 bits per heavy atom. The lowest BCUT2D eigenvalue weighted by atomic mass is 10.2. The molecule has 1 aliphatic heterocycles. The van der Waals surface area contributed by atoms with Crippen molar-refractivity contribution < 1.29 is 0 Å². The quantitative estimate of drug-likeness (QED) is 0.734. The summed E-state index contributed by atoms with van der Waals surface area (Å²) < 4.78 is 3.56. The van der Waals surface area contributed by atoms with E-state index in [1.165, 1.54) is 6.42 Å². The molecule has 0 spiro atoms. The van der Waals surface area contributed by atoms with Crippen LogP contribution in [0.1, 0.15) is 18.5 Å². The van der Waals surface area contributed by atoms with Gasteiger partial charge in [0.25, 0.3) is 5.56 Å². The highest BCUT2D eigenvalue weighted by Crippen LogP contribution is 2.20. The molecule has 6 nitrogen and oxygen atoms in total. The van der Waals surface area contributed by atoms with Gasteiger partial charge in [-0.3, -0.25) is 18.8 Å². The summed E-state index contributed by atoms with van der Waals surface area (Å²) in [6.45, 7) is 2.65. The standard InChI is InChI=1S/C17H19N5O/c23-17-11-14(19-16-6-1-2-10-22(16)17)12-20-8-3-5-15(20)13-21-9-4-7-18-21/h1-2,4,6-7,9-11,15H,3,5,8,12-13H2/t15-/m0/s1. The summed E-state index contributed by atoms with van der Waals surface area (Å²) in [4.78, 5) is 19.2. The molecular weight excluding hydrogens is 290 g/mol. The number of fused-ring (bicyclic) bond motifs is 1. The monoisotopic (exact) mass is 309 g/mol. The third kappa shape index (κ3) is 2.90. The number of likely N-dealkylation sites (tertiary alicyclic amines) is 1. The van der Waals surface area contributed by atoms with Crippen molar-refractivity contribution in [1.29, 1.82) is 0 Å². The summed E-state index contributed by atoms with van der Waals surface area (Å²) in [5.74, 6) is 0. The second kappa shape index (κ2) is 5.96. The Morgan fingerprint density at radius 2 is 2.17 bits per heavy atom. The average Bonchev–Trinajstić information content (AvgIpc) is 3.21. The normalized spacial score (nSPS) is 18.7. The van der Waals surface area contributed by atoms with E-state index in [1.54, 1.807) is 16.7 Å². The Labute approximate surface area is 134 Å². The Bertz CT molecular complexity index is 855. The van der Waals surface area contributed by atoms with Crippen molar-refractivity contribution in [2.75, 3.05) is 6.54 Å². The molecule has 0 aromatic carbocycles. The van der Waals surface area contributed by atoms with Crippen LogP contribution in [-0.4, -0.2) is 36.7 Å². The first kappa shape index (κ1) is 14.1. The minimum absolute atomic E-state index is 0.0200. The first-order valence-corrected chi connectivity index (χ1v) is 7.98. The van der Waals surface area contributed by atoms with Gasteiger partial charge in [0.2, 0.25) is 0 Å². The van der Waals surface area contributed by atoms with Crippen molar-refractivity contribution in [2.24, 2.45) is 0 Å². The maximum absolute atomic E-state index is 12.2. The molecule has 0 N–H and O–H groups in total. The predicted molar refractivity (Wildman–Crippen MR) is 87.1 cm³/mol. The molecule has 0 aliphatic carbocycles. The van der Waals surface area contributed by atoms with E-state index >= 15 is 0 Å². The second-order valence-corrected chi connectivity index (χ2v) is 6.01. The van der Waals surface area contributed by atoms with E-state index in [1.807, 2.05) is 41.3 Å². The number of nitrogens with zero attached hydrogens (tertiary/aromatic N) is 5. The Kier molecular flexibility index (Phi) is 3.67. The van der Waals surface area contributed by atoms with Crippen LogP contribution in [0.5, 0.6) is 0 Å². The molecule has 1 atom stereocenters. The van der Waals surface area contributed by atoms with E-state index in [-0.39, 0.29) is 5.56 Å². The number of rotatable bonds is 4. The fourth-order valence-electron chi connectivity index (χ4n) is 3.33. The van der Waals surface area contributed by atoms with Gasteiger partial charge in [-0.2, -0.15) is 5.10 Å². The highest BCUT2D eigenvalue weighted by Gasteiger charge is 2.25. The van der Waals surface area contributed by atoms with Gasteiger partial charge in [0.05, 0.1) is 12.2 Å². The van der Waals surface area contributed by atoms with Gasteiger partial charge < -0.3 is 0 Å². The molecule has 0 amide bonds. The van der Waals surface area contributed by atoms with Crippen molar-refractivity contribution in [3.05, 3.63) is 65.0 Å². The highest BCUT2D eigenvalue weighted by molar-refractivity contribution is 5.38. The molecule has 4 rings (SSSR count). The van der Waals surface area contributed by atoms with Gasteiger partial charge in [-0.15, -0.1) is 0 Å². The van der Waals surface area contributed by atoms with Gasteiger partial charge in [-0.25, -0.2) is 4.98 Å². The number of aromatic nitrogens is 4. The summed E-state index contributed by atoms with van der Waals surface area (Å²) in [6, 6.07) is 9.67. The van der Waals surface area contributed by atoms with Crippen LogP contribution in [0.2, 0.25) is 0 Å². The molecule has 1 aliphatic rings. The minimum Gasteiger partial charge on any atom is -0.293 e. The molecule has 1 fully saturated rings. The van der Waals surface area contributed by atoms with E-state index in [0.717, 1.165) is 25.2 Å². The Morgan fingerprint density at radius 3 is 3.04 bits per heavy atom. The number of pyridine rings is 1. The van der Waals surface area contributed by atoms with E-state index in [0.29, 0.717) is 18.2 Å². The highest BCUT2D eigenvalue weighted by atomic mass is 16.1. The lowest BCUT2D eigenvalue weighted by molar-refractivity contribution is 0.217. The smallest absolute Gasteiger partial charge is 0.258 e. The van der Waals surface area contributed by atoms with Crippen LogP contribution < -0.4 is 5.56 Å². The van der Waals surface area contributed by atoms with Gasteiger partial charge in [-0.05, 0) is 37.6 Å². The third-order valence-corrected chi connectivity index (χ3v) is 4.45. The second-order valence-electron chi connectivity index (χ2n) is 6.01. The van der Waals surface area contributed by atoms with Gasteiger partial charge >= 0.3 is 0 Å². The van der Waals surface area contributed by atoms with Crippen molar-refractivity contribution in [1.82, 2.24) is 24.1 Å². The molecule has 3 aromatic rings. The predicted octanol–water partition coefficient (Wildman–Crippen LogP) is 1.56. The molecule has 0 bridgehead atoms. The molecule has 1 saturated heterocycles. The van der Waals surface area contributed by atoms with Gasteiger partial charge in [0.15, 0.2) is 0 Å². The van der Waals surface area contributed by atoms with Crippen LogP contribution >= 0.6 is 0 Å². The third-order valence-electron chi connectivity index (χ3n) is 4.45. The molecular formula is C17H19N5O. The van der Waals surface area contributed by atoms with Gasteiger partial charge in [0.1, 0.15) is 5.65 Å². The zero-order chi connectivity index (χ0) is 15.6. The van der Waals surface area contributed by atoms with E-state index in [4.69, 9.17) is 0 Å². The van der Waals surface area contributed by atoms with Crippen molar-refractivity contribution in [2.45, 2.75) is 32.0 Å². The van der Waals surface area contributed by atoms with Crippen LogP contribution in [-0.2, 0) is 13.1 Å². The fraction of sp³-hybridized carbons (Fsp3) is 0.353. The molecule has 0 radical (unpaired) electrons. The molecule has 6 heteroatoms. The zero-order valence-electron chi connectivity index (χ0n) is 12.9. The lowest BCUT2D eigenvalue weighted by Crippen LogP contribution is -2.33. The van der Waals surface area contributed by atoms with Crippen molar-refractivity contribution >= 4 is 5.65 Å². The lowest BCUT2D eigenvalue weighted by Gasteiger charge is -2.24. The summed E-state index contributed by atoms with van der Waals surface area (Å²) >= 11 is 0. The van der Waals surface area contributed by atoms with Crippen LogP contribution in [0.25, 0.3) is 5.65 Å². The minimum atomic E-state index is -0.0200. The summed E-state index contributed by atoms with van der Waals surface area (Å²) in [5, 5.41) is 4.30. The summed E-state index contributed by atoms with van der Waals surface area (Å²) in [5.41, 5.74) is 1.53. The molecule has 23 heavy (non-hydrogen) atoms. The zero-order valence-corrected chi connectivity index (χ0v) is 12.9. The summed E-state index contributed by atoms with van der Waals surface area (Å²) in [6.07, 6.45) is 7.90. The van der Waals surface area contributed by atoms with Crippen LogP contribution in [0, 0.1) is 0 Å². The van der Waals surface area contributed by atoms with E-state index < -0.39 is 0 Å². The van der Waals surface area contributed by atoms with Crippen LogP contribution in [0.15, 0.2) is 53.7 Å². The average molecular weight is 309 g/mol. The van der Waals surface area contributed by atoms with Gasteiger partial charge in [-0.1, -0.05) is 6.07 Å². The Balaban J connectivity index is 1.56. The van der Waals surface area contributed by atoms with Crippen LogP contribution in [0.4, 0.5) is 0 Å². The number of hydrogen-bond donors (Lipinski definition) is 0. The van der Waals surface area contributed by atoms with E-state index in [2.05, 4.69) is 15.0 Å². The first-order valence-electron chi connectivity index (χ1n) is 7.98. The van der Waals surface area contributed by atoms with E-state index in [9.17, 15) is 4.79 Å². The fourth-order valence-corrected chi connectivity index (χ4v) is 3.33. The maximum Gasteiger partial charge on any atom is 0.258 e.